The van der Waals surface area contributed by atoms with Crippen molar-refractivity contribution < 1.29 is 15.0 Å². The van der Waals surface area contributed by atoms with E-state index in [4.69, 9.17) is 10.2 Å². The van der Waals surface area contributed by atoms with Gasteiger partial charge < -0.3 is 15.1 Å². The van der Waals surface area contributed by atoms with Gasteiger partial charge in [-0.25, -0.2) is 0 Å². The molecule has 1 fully saturated rings. The topological polar surface area (TPSA) is 60.8 Å². The zero-order valence-corrected chi connectivity index (χ0v) is 12.2. The minimum absolute atomic E-state index is 0.0625. The first-order chi connectivity index (χ1) is 9.76. The van der Waals surface area contributed by atoms with E-state index < -0.39 is 0 Å². The molecule has 2 rings (SSSR count). The molecule has 0 aliphatic carbocycles. The highest BCUT2D eigenvalue weighted by atomic mass is 32.1. The molecule has 108 valence electrons. The number of hydrogen-bond donors (Lipinski definition) is 2. The normalized spacial score (nSPS) is 17.9. The Labute approximate surface area is 123 Å². The summed E-state index contributed by atoms with van der Waals surface area (Å²) in [7, 11) is 0. The van der Waals surface area contributed by atoms with Crippen LogP contribution in [0, 0.1) is 11.8 Å². The van der Waals surface area contributed by atoms with E-state index in [-0.39, 0.29) is 25.2 Å². The number of thiophene rings is 1. The molecule has 2 N–H and O–H groups in total. The molecule has 5 heteroatoms. The Bertz CT molecular complexity index is 515. The van der Waals surface area contributed by atoms with Crippen molar-refractivity contribution >= 4 is 17.2 Å². The molecule has 0 saturated carbocycles. The number of carbonyl (C=O) groups is 1. The van der Waals surface area contributed by atoms with Gasteiger partial charge in [0.1, 0.15) is 6.61 Å². The van der Waals surface area contributed by atoms with Gasteiger partial charge in [-0.1, -0.05) is 11.8 Å². The van der Waals surface area contributed by atoms with Gasteiger partial charge >= 0.3 is 0 Å². The molecule has 2 heterocycles. The summed E-state index contributed by atoms with van der Waals surface area (Å²) >= 11 is 1.37. The van der Waals surface area contributed by atoms with E-state index in [1.807, 2.05) is 11.0 Å². The smallest absolute Gasteiger partial charge is 0.264 e. The van der Waals surface area contributed by atoms with Crippen molar-refractivity contribution in [1.29, 1.82) is 0 Å². The fourth-order valence-corrected chi connectivity index (χ4v) is 3.36. The Hall–Kier alpha value is -1.35. The molecule has 1 aromatic heterocycles. The summed E-state index contributed by atoms with van der Waals surface area (Å²) < 4.78 is 0. The van der Waals surface area contributed by atoms with Crippen LogP contribution in [0.5, 0.6) is 0 Å². The molecule has 1 amide bonds. The second-order valence-corrected chi connectivity index (χ2v) is 5.87. The summed E-state index contributed by atoms with van der Waals surface area (Å²) in [6.45, 7) is 0.805. The molecule has 0 radical (unpaired) electrons. The molecule has 4 nitrogen and oxygen atoms in total. The van der Waals surface area contributed by atoms with Gasteiger partial charge in [0.2, 0.25) is 0 Å². The minimum Gasteiger partial charge on any atom is -0.396 e. The Kier molecular flexibility index (Phi) is 5.60. The van der Waals surface area contributed by atoms with E-state index in [2.05, 4.69) is 11.8 Å². The van der Waals surface area contributed by atoms with Gasteiger partial charge in [0.25, 0.3) is 5.91 Å². The van der Waals surface area contributed by atoms with Crippen LogP contribution < -0.4 is 0 Å². The summed E-state index contributed by atoms with van der Waals surface area (Å²) in [6, 6.07) is 3.87. The maximum atomic E-state index is 12.5. The Morgan fingerprint density at radius 1 is 1.45 bits per heavy atom. The SMILES string of the molecule is O=C(c1ccc(C#CCO)s1)N1CCCC1CCCO. The monoisotopic (exact) mass is 293 g/mol. The number of aliphatic hydroxyl groups is 2. The van der Waals surface area contributed by atoms with Gasteiger partial charge in [0.05, 0.1) is 9.75 Å². The van der Waals surface area contributed by atoms with E-state index in [1.165, 1.54) is 11.3 Å². The van der Waals surface area contributed by atoms with Gasteiger partial charge in [0, 0.05) is 19.2 Å². The summed E-state index contributed by atoms with van der Waals surface area (Å²) in [5.41, 5.74) is 0. The molecular formula is C15H19NO3S. The van der Waals surface area contributed by atoms with Gasteiger partial charge in [-0.3, -0.25) is 4.79 Å². The highest BCUT2D eigenvalue weighted by Crippen LogP contribution is 2.26. The van der Waals surface area contributed by atoms with E-state index in [1.54, 1.807) is 6.07 Å². The fraction of sp³-hybridized carbons (Fsp3) is 0.533. The van der Waals surface area contributed by atoms with E-state index in [0.717, 1.165) is 37.1 Å². The molecule has 1 aromatic rings. The van der Waals surface area contributed by atoms with Crippen LogP contribution in [0.15, 0.2) is 12.1 Å². The van der Waals surface area contributed by atoms with Crippen molar-refractivity contribution in [2.75, 3.05) is 19.8 Å². The van der Waals surface area contributed by atoms with Gasteiger partial charge in [-0.2, -0.15) is 0 Å². The summed E-state index contributed by atoms with van der Waals surface area (Å²) in [5.74, 6) is 5.47. The van der Waals surface area contributed by atoms with Crippen molar-refractivity contribution in [2.24, 2.45) is 0 Å². The first-order valence-corrected chi connectivity index (χ1v) is 7.69. The van der Waals surface area contributed by atoms with Crippen LogP contribution in [-0.2, 0) is 0 Å². The van der Waals surface area contributed by atoms with E-state index in [0.29, 0.717) is 4.88 Å². The zero-order valence-electron chi connectivity index (χ0n) is 11.3. The third-order valence-electron chi connectivity index (χ3n) is 3.44. The Morgan fingerprint density at radius 2 is 2.30 bits per heavy atom. The summed E-state index contributed by atoms with van der Waals surface area (Å²) in [4.78, 5) is 15.9. The van der Waals surface area contributed by atoms with Crippen LogP contribution in [0.4, 0.5) is 0 Å². The van der Waals surface area contributed by atoms with Crippen LogP contribution in [0.2, 0.25) is 0 Å². The average Bonchev–Trinajstić information content (AvgIpc) is 3.11. The van der Waals surface area contributed by atoms with Crippen molar-refractivity contribution in [3.05, 3.63) is 21.9 Å². The molecule has 1 saturated heterocycles. The number of hydrogen-bond acceptors (Lipinski definition) is 4. The van der Waals surface area contributed by atoms with Gasteiger partial charge in [-0.05, 0) is 37.8 Å². The van der Waals surface area contributed by atoms with Crippen LogP contribution in [-0.4, -0.2) is 46.8 Å². The molecule has 0 aromatic carbocycles. The molecule has 1 aliphatic rings. The Balaban J connectivity index is 2.04. The van der Waals surface area contributed by atoms with Crippen LogP contribution in [0.25, 0.3) is 0 Å². The third kappa shape index (κ3) is 3.60. The summed E-state index contributed by atoms with van der Waals surface area (Å²) in [6.07, 6.45) is 3.66. The van der Waals surface area contributed by atoms with Gasteiger partial charge in [0.15, 0.2) is 0 Å². The largest absolute Gasteiger partial charge is 0.396 e. The van der Waals surface area contributed by atoms with Crippen LogP contribution in [0.3, 0.4) is 0 Å². The second-order valence-electron chi connectivity index (χ2n) is 4.78. The number of rotatable bonds is 4. The number of likely N-dealkylation sites (tertiary alicyclic amines) is 1. The fourth-order valence-electron chi connectivity index (χ4n) is 2.52. The number of aliphatic hydroxyl groups excluding tert-OH is 2. The minimum atomic E-state index is -0.170. The molecular weight excluding hydrogens is 274 g/mol. The van der Waals surface area contributed by atoms with Crippen LogP contribution >= 0.6 is 11.3 Å². The third-order valence-corrected chi connectivity index (χ3v) is 4.43. The molecule has 1 unspecified atom stereocenters. The summed E-state index contributed by atoms with van der Waals surface area (Å²) in [5, 5.41) is 17.6. The standard InChI is InChI=1S/C15H19NO3S/c17-10-2-5-12-4-1-9-16(12)15(19)14-8-7-13(20-14)6-3-11-18/h7-8,12,17-18H,1-2,4-5,9-11H2. The molecule has 0 bridgehead atoms. The average molecular weight is 293 g/mol. The lowest BCUT2D eigenvalue weighted by Crippen LogP contribution is -2.35. The molecule has 0 spiro atoms. The van der Waals surface area contributed by atoms with Gasteiger partial charge in [-0.15, -0.1) is 11.3 Å². The van der Waals surface area contributed by atoms with Crippen molar-refractivity contribution in [3.8, 4) is 11.8 Å². The first-order valence-electron chi connectivity index (χ1n) is 6.87. The second kappa shape index (κ2) is 7.44. The van der Waals surface area contributed by atoms with Crippen LogP contribution in [0.1, 0.15) is 40.2 Å². The first kappa shape index (κ1) is 15.0. The molecule has 1 atom stereocenters. The lowest BCUT2D eigenvalue weighted by molar-refractivity contribution is 0.0729. The number of amides is 1. The quantitative estimate of drug-likeness (QED) is 0.827. The van der Waals surface area contributed by atoms with Crippen molar-refractivity contribution in [3.63, 3.8) is 0 Å². The number of carbonyl (C=O) groups excluding carboxylic acids is 1. The molecule has 1 aliphatic heterocycles. The van der Waals surface area contributed by atoms with Crippen molar-refractivity contribution in [2.45, 2.75) is 31.7 Å². The van der Waals surface area contributed by atoms with E-state index in [9.17, 15) is 4.79 Å². The lowest BCUT2D eigenvalue weighted by atomic mass is 10.1. The van der Waals surface area contributed by atoms with E-state index >= 15 is 0 Å². The predicted octanol–water partition coefficient (Wildman–Crippen LogP) is 1.47. The zero-order chi connectivity index (χ0) is 14.4. The predicted molar refractivity (Wildman–Crippen MR) is 78.7 cm³/mol. The highest BCUT2D eigenvalue weighted by molar-refractivity contribution is 7.14. The lowest BCUT2D eigenvalue weighted by Gasteiger charge is -2.23. The number of nitrogens with zero attached hydrogens (tertiary/aromatic N) is 1. The molecule has 20 heavy (non-hydrogen) atoms. The highest BCUT2D eigenvalue weighted by Gasteiger charge is 2.29. The Morgan fingerprint density at radius 3 is 3.05 bits per heavy atom. The maximum absolute atomic E-state index is 12.5. The van der Waals surface area contributed by atoms with Crippen molar-refractivity contribution in [1.82, 2.24) is 4.90 Å². The maximum Gasteiger partial charge on any atom is 0.264 e.